The quantitative estimate of drug-likeness (QED) is 0.599. The average molecular weight is 430 g/mol. The van der Waals surface area contributed by atoms with E-state index in [2.05, 4.69) is 38.8 Å². The fourth-order valence-corrected chi connectivity index (χ4v) is 4.93. The van der Waals surface area contributed by atoms with Crippen molar-refractivity contribution in [2.24, 2.45) is 5.92 Å². The SMILES string of the molecule is O=C(Cc1ncc2ccc(-c3cncc(NC4CCNCC4)c3)cc2n1)C1CCCCC1. The fraction of sp³-hybridized carbons (Fsp3) is 0.462. The first-order valence-corrected chi connectivity index (χ1v) is 12.0. The normalized spacial score (nSPS) is 18.0. The summed E-state index contributed by atoms with van der Waals surface area (Å²) in [6.07, 6.45) is 13.8. The third-order valence-electron chi connectivity index (χ3n) is 6.81. The highest BCUT2D eigenvalue weighted by Crippen LogP contribution is 2.27. The average Bonchev–Trinajstić information content (AvgIpc) is 2.85. The predicted molar refractivity (Wildman–Crippen MR) is 128 cm³/mol. The number of carbonyl (C=O) groups is 1. The maximum atomic E-state index is 12.7. The second kappa shape index (κ2) is 9.74. The standard InChI is InChI=1S/C26H31N5O/c32-25(18-4-2-1-3-5-18)14-26-29-16-20-7-6-19(13-24(20)31-26)21-12-23(17-28-15-21)30-22-8-10-27-11-9-22/h6-7,12-13,15-18,22,27,30H,1-5,8-11,14H2. The number of fused-ring (bicyclic) bond motifs is 1. The molecule has 1 aromatic carbocycles. The van der Waals surface area contributed by atoms with E-state index < -0.39 is 0 Å². The molecule has 2 N–H and O–H groups in total. The Balaban J connectivity index is 1.34. The molecule has 1 saturated carbocycles. The Morgan fingerprint density at radius 1 is 0.969 bits per heavy atom. The first-order valence-electron chi connectivity index (χ1n) is 12.0. The van der Waals surface area contributed by atoms with E-state index in [0.717, 1.165) is 79.3 Å². The van der Waals surface area contributed by atoms with E-state index in [1.807, 2.05) is 24.7 Å². The minimum Gasteiger partial charge on any atom is -0.381 e. The lowest BCUT2D eigenvalue weighted by Gasteiger charge is -2.24. The number of hydrogen-bond acceptors (Lipinski definition) is 6. The van der Waals surface area contributed by atoms with Gasteiger partial charge in [-0.05, 0) is 56.5 Å². The van der Waals surface area contributed by atoms with Crippen LogP contribution in [0.15, 0.2) is 42.9 Å². The number of aromatic nitrogens is 3. The lowest BCUT2D eigenvalue weighted by Crippen LogP contribution is -2.35. The maximum Gasteiger partial charge on any atom is 0.143 e. The maximum absolute atomic E-state index is 12.7. The lowest BCUT2D eigenvalue weighted by molar-refractivity contribution is -0.123. The van der Waals surface area contributed by atoms with Crippen molar-refractivity contribution < 1.29 is 4.79 Å². The number of ketones is 1. The van der Waals surface area contributed by atoms with E-state index in [0.29, 0.717) is 24.1 Å². The van der Waals surface area contributed by atoms with Gasteiger partial charge in [-0.1, -0.05) is 31.4 Å². The zero-order valence-corrected chi connectivity index (χ0v) is 18.5. The molecule has 2 aliphatic rings. The Kier molecular flexibility index (Phi) is 6.39. The van der Waals surface area contributed by atoms with Crippen LogP contribution in [0.4, 0.5) is 5.69 Å². The highest BCUT2D eigenvalue weighted by Gasteiger charge is 2.22. The number of nitrogens with zero attached hydrogens (tertiary/aromatic N) is 3. The summed E-state index contributed by atoms with van der Waals surface area (Å²) >= 11 is 0. The second-order valence-electron chi connectivity index (χ2n) is 9.17. The molecule has 0 radical (unpaired) electrons. The van der Waals surface area contributed by atoms with Gasteiger partial charge in [-0.3, -0.25) is 9.78 Å². The van der Waals surface area contributed by atoms with Crippen molar-refractivity contribution in [1.29, 1.82) is 0 Å². The van der Waals surface area contributed by atoms with Crippen LogP contribution < -0.4 is 10.6 Å². The Hall–Kier alpha value is -2.86. The van der Waals surface area contributed by atoms with Crippen LogP contribution in [0.2, 0.25) is 0 Å². The number of benzene rings is 1. The molecule has 0 amide bonds. The highest BCUT2D eigenvalue weighted by molar-refractivity contribution is 5.86. The number of rotatable bonds is 6. The molecule has 6 nitrogen and oxygen atoms in total. The molecule has 6 heteroatoms. The van der Waals surface area contributed by atoms with Gasteiger partial charge in [-0.2, -0.15) is 0 Å². The topological polar surface area (TPSA) is 79.8 Å². The van der Waals surface area contributed by atoms with Gasteiger partial charge in [0.15, 0.2) is 0 Å². The second-order valence-corrected chi connectivity index (χ2v) is 9.17. The molecule has 32 heavy (non-hydrogen) atoms. The molecule has 3 aromatic rings. The van der Waals surface area contributed by atoms with E-state index in [4.69, 9.17) is 4.98 Å². The van der Waals surface area contributed by atoms with Gasteiger partial charge >= 0.3 is 0 Å². The fourth-order valence-electron chi connectivity index (χ4n) is 4.93. The number of nitrogens with one attached hydrogen (secondary N) is 2. The molecule has 166 valence electrons. The molecule has 3 heterocycles. The van der Waals surface area contributed by atoms with Crippen LogP contribution in [0.1, 0.15) is 50.8 Å². The molecular formula is C26H31N5O. The molecule has 1 aliphatic heterocycles. The largest absolute Gasteiger partial charge is 0.381 e. The van der Waals surface area contributed by atoms with Gasteiger partial charge in [0.05, 0.1) is 17.6 Å². The lowest BCUT2D eigenvalue weighted by atomic mass is 9.85. The van der Waals surface area contributed by atoms with Crippen molar-refractivity contribution >= 4 is 22.4 Å². The van der Waals surface area contributed by atoms with Crippen molar-refractivity contribution in [2.45, 2.75) is 57.4 Å². The molecule has 0 bridgehead atoms. The van der Waals surface area contributed by atoms with Gasteiger partial charge in [-0.25, -0.2) is 9.97 Å². The summed E-state index contributed by atoms with van der Waals surface area (Å²) in [5.41, 5.74) is 4.06. The highest BCUT2D eigenvalue weighted by atomic mass is 16.1. The Labute approximate surface area is 189 Å². The van der Waals surface area contributed by atoms with Crippen molar-refractivity contribution in [3.63, 3.8) is 0 Å². The summed E-state index contributed by atoms with van der Waals surface area (Å²) < 4.78 is 0. The minimum absolute atomic E-state index is 0.190. The minimum atomic E-state index is 0.190. The monoisotopic (exact) mass is 429 g/mol. The van der Waals surface area contributed by atoms with Crippen LogP contribution in [-0.2, 0) is 11.2 Å². The van der Waals surface area contributed by atoms with Gasteiger partial charge in [-0.15, -0.1) is 0 Å². The Bertz CT molecular complexity index is 1090. The van der Waals surface area contributed by atoms with Crippen LogP contribution in [0, 0.1) is 5.92 Å². The number of piperidine rings is 1. The molecule has 0 atom stereocenters. The zero-order chi connectivity index (χ0) is 21.8. The summed E-state index contributed by atoms with van der Waals surface area (Å²) in [6, 6.07) is 8.86. The van der Waals surface area contributed by atoms with Gasteiger partial charge in [0, 0.05) is 41.5 Å². The predicted octanol–water partition coefficient (Wildman–Crippen LogP) is 4.55. The summed E-state index contributed by atoms with van der Waals surface area (Å²) in [6.45, 7) is 2.11. The molecular weight excluding hydrogens is 398 g/mol. The summed E-state index contributed by atoms with van der Waals surface area (Å²) in [4.78, 5) is 26.4. The van der Waals surface area contributed by atoms with Gasteiger partial charge < -0.3 is 10.6 Å². The van der Waals surface area contributed by atoms with Gasteiger partial charge in [0.25, 0.3) is 0 Å². The molecule has 5 rings (SSSR count). The first kappa shape index (κ1) is 21.0. The summed E-state index contributed by atoms with van der Waals surface area (Å²) in [5.74, 6) is 1.11. The summed E-state index contributed by atoms with van der Waals surface area (Å²) in [7, 11) is 0. The molecule has 0 spiro atoms. The first-order chi connectivity index (χ1) is 15.7. The van der Waals surface area contributed by atoms with Crippen LogP contribution >= 0.6 is 0 Å². The molecule has 1 saturated heterocycles. The van der Waals surface area contributed by atoms with Crippen LogP contribution in [0.5, 0.6) is 0 Å². The number of anilines is 1. The summed E-state index contributed by atoms with van der Waals surface area (Å²) in [5, 5.41) is 8.01. The van der Waals surface area contributed by atoms with Crippen LogP contribution in [-0.4, -0.2) is 39.9 Å². The third kappa shape index (κ3) is 4.96. The van der Waals surface area contributed by atoms with E-state index in [-0.39, 0.29) is 5.92 Å². The van der Waals surface area contributed by atoms with Crippen LogP contribution in [0.3, 0.4) is 0 Å². The molecule has 2 aromatic heterocycles. The molecule has 1 aliphatic carbocycles. The number of carbonyl (C=O) groups excluding carboxylic acids is 1. The van der Waals surface area contributed by atoms with Gasteiger partial charge in [0.1, 0.15) is 11.6 Å². The van der Waals surface area contributed by atoms with Crippen LogP contribution in [0.25, 0.3) is 22.0 Å². The van der Waals surface area contributed by atoms with Crippen molar-refractivity contribution in [1.82, 2.24) is 20.3 Å². The van der Waals surface area contributed by atoms with E-state index in [9.17, 15) is 4.79 Å². The number of hydrogen-bond donors (Lipinski definition) is 2. The number of Topliss-reactive ketones (excluding diaryl/α,β-unsaturated/α-hetero) is 1. The zero-order valence-electron chi connectivity index (χ0n) is 18.5. The van der Waals surface area contributed by atoms with Crippen molar-refractivity contribution in [3.05, 3.63) is 48.7 Å². The molecule has 0 unspecified atom stereocenters. The van der Waals surface area contributed by atoms with E-state index in [1.165, 1.54) is 6.42 Å². The Morgan fingerprint density at radius 2 is 1.81 bits per heavy atom. The van der Waals surface area contributed by atoms with Gasteiger partial charge in [0.2, 0.25) is 0 Å². The third-order valence-corrected chi connectivity index (χ3v) is 6.81. The van der Waals surface area contributed by atoms with E-state index in [1.54, 1.807) is 0 Å². The van der Waals surface area contributed by atoms with Crippen molar-refractivity contribution in [2.75, 3.05) is 18.4 Å². The van der Waals surface area contributed by atoms with E-state index >= 15 is 0 Å². The molecule has 2 fully saturated rings. The van der Waals surface area contributed by atoms with Crippen molar-refractivity contribution in [3.8, 4) is 11.1 Å². The number of pyridine rings is 1. The Morgan fingerprint density at radius 3 is 2.66 bits per heavy atom. The smallest absolute Gasteiger partial charge is 0.143 e.